The number of nitrogens with zero attached hydrogens (tertiary/aromatic N) is 3. The van der Waals surface area contributed by atoms with Crippen LogP contribution in [0.4, 0.5) is 5.69 Å². The Kier molecular flexibility index (Phi) is 4.22. The highest BCUT2D eigenvalue weighted by molar-refractivity contribution is 6.51. The van der Waals surface area contributed by atoms with Gasteiger partial charge in [-0.25, -0.2) is 9.67 Å². The maximum Gasteiger partial charge on any atom is 0.297 e. The average Bonchev–Trinajstić information content (AvgIpc) is 2.81. The van der Waals surface area contributed by atoms with Gasteiger partial charge in [-0.3, -0.25) is 9.48 Å². The number of hydrogen-bond acceptors (Lipinski definition) is 5. The molecule has 0 saturated heterocycles. The van der Waals surface area contributed by atoms with Gasteiger partial charge >= 0.3 is 0 Å². The average molecular weight is 337 g/mol. The van der Waals surface area contributed by atoms with E-state index < -0.39 is 0 Å². The van der Waals surface area contributed by atoms with Crippen LogP contribution in [0, 0.1) is 17.7 Å². The minimum Gasteiger partial charge on any atom is -0.495 e. The van der Waals surface area contributed by atoms with Crippen LogP contribution in [0.3, 0.4) is 0 Å². The van der Waals surface area contributed by atoms with Crippen molar-refractivity contribution in [1.82, 2.24) is 9.36 Å². The summed E-state index contributed by atoms with van der Waals surface area (Å²) in [6, 6.07) is 9.33. The molecule has 0 bridgehead atoms. The van der Waals surface area contributed by atoms with E-state index in [2.05, 4.69) is 4.99 Å². The van der Waals surface area contributed by atoms with Crippen LogP contribution in [0.1, 0.15) is 12.1 Å². The van der Waals surface area contributed by atoms with Crippen LogP contribution in [0.5, 0.6) is 0 Å². The Bertz CT molecular complexity index is 977. The smallest absolute Gasteiger partial charge is 0.297 e. The summed E-state index contributed by atoms with van der Waals surface area (Å²) < 4.78 is 8.44. The molecule has 0 amide bonds. The van der Waals surface area contributed by atoms with Crippen LogP contribution in [0.25, 0.3) is 5.69 Å². The van der Waals surface area contributed by atoms with Crippen molar-refractivity contribution in [3.63, 3.8) is 0 Å². The number of hydrogen-bond donors (Lipinski definition) is 2. The van der Waals surface area contributed by atoms with Crippen LogP contribution in [-0.2, 0) is 11.8 Å². The summed E-state index contributed by atoms with van der Waals surface area (Å²) in [5, 5.41) is 15.9. The van der Waals surface area contributed by atoms with Crippen LogP contribution >= 0.6 is 0 Å². The van der Waals surface area contributed by atoms with E-state index in [4.69, 9.17) is 15.6 Å². The molecule has 0 spiro atoms. The fraction of sp³-hybridized carbons (Fsp3) is 0.222. The molecule has 0 aliphatic heterocycles. The maximum absolute atomic E-state index is 12.9. The van der Waals surface area contributed by atoms with Crippen molar-refractivity contribution in [3.8, 4) is 5.69 Å². The lowest BCUT2D eigenvalue weighted by Gasteiger charge is -2.15. The van der Waals surface area contributed by atoms with E-state index in [0.717, 1.165) is 5.69 Å². The number of rotatable bonds is 3. The lowest BCUT2D eigenvalue weighted by molar-refractivity contribution is 0.314. The van der Waals surface area contributed by atoms with E-state index in [0.29, 0.717) is 17.2 Å². The Morgan fingerprint density at radius 2 is 1.84 bits per heavy atom. The SMILES string of the molecule is COC1=CC(=Nc2c(C)n(C)n(-c3ccccc3)c2=O)C(=N)CC1=N. The summed E-state index contributed by atoms with van der Waals surface area (Å²) >= 11 is 0. The zero-order valence-electron chi connectivity index (χ0n) is 14.3. The Morgan fingerprint density at radius 1 is 1.16 bits per heavy atom. The molecule has 7 nitrogen and oxygen atoms in total. The van der Waals surface area contributed by atoms with Crippen molar-refractivity contribution >= 4 is 22.8 Å². The number of ether oxygens (including phenoxy) is 1. The Morgan fingerprint density at radius 3 is 2.48 bits per heavy atom. The summed E-state index contributed by atoms with van der Waals surface area (Å²) in [5.74, 6) is 0.367. The molecule has 1 aromatic heterocycles. The van der Waals surface area contributed by atoms with Crippen molar-refractivity contribution in [2.45, 2.75) is 13.3 Å². The summed E-state index contributed by atoms with van der Waals surface area (Å²) in [4.78, 5) is 17.3. The molecule has 0 saturated carbocycles. The monoisotopic (exact) mass is 337 g/mol. The van der Waals surface area contributed by atoms with Crippen LogP contribution in [-0.4, -0.2) is 33.6 Å². The molecule has 25 heavy (non-hydrogen) atoms. The number of nitrogens with one attached hydrogen (secondary N) is 2. The van der Waals surface area contributed by atoms with Crippen LogP contribution in [0.2, 0.25) is 0 Å². The van der Waals surface area contributed by atoms with Gasteiger partial charge in [0.05, 0.1) is 35.6 Å². The van der Waals surface area contributed by atoms with E-state index in [1.807, 2.05) is 37.3 Å². The number of aliphatic imine (C=N–C) groups is 1. The van der Waals surface area contributed by atoms with E-state index >= 15 is 0 Å². The third-order valence-corrected chi connectivity index (χ3v) is 4.20. The van der Waals surface area contributed by atoms with Gasteiger partial charge in [-0.1, -0.05) is 18.2 Å². The van der Waals surface area contributed by atoms with Gasteiger partial charge in [0.15, 0.2) is 5.69 Å². The second-order valence-electron chi connectivity index (χ2n) is 5.75. The van der Waals surface area contributed by atoms with E-state index in [1.165, 1.54) is 13.2 Å². The number of aromatic nitrogens is 2. The van der Waals surface area contributed by atoms with Gasteiger partial charge in [-0.15, -0.1) is 0 Å². The van der Waals surface area contributed by atoms with Gasteiger partial charge in [0.2, 0.25) is 0 Å². The first-order valence-corrected chi connectivity index (χ1v) is 7.78. The van der Waals surface area contributed by atoms with Crippen molar-refractivity contribution < 1.29 is 4.74 Å². The molecule has 128 valence electrons. The molecule has 1 aromatic carbocycles. The third kappa shape index (κ3) is 2.84. The fourth-order valence-corrected chi connectivity index (χ4v) is 2.74. The number of allylic oxidation sites excluding steroid dienone is 2. The first-order valence-electron chi connectivity index (χ1n) is 7.78. The normalized spacial score (nSPS) is 16.3. The molecular formula is C18H19N5O2. The lowest BCUT2D eigenvalue weighted by Crippen LogP contribution is -2.24. The van der Waals surface area contributed by atoms with E-state index in [-0.39, 0.29) is 29.1 Å². The van der Waals surface area contributed by atoms with Gasteiger partial charge in [-0.05, 0) is 19.1 Å². The van der Waals surface area contributed by atoms with E-state index in [1.54, 1.807) is 16.4 Å². The molecule has 3 rings (SSSR count). The zero-order valence-corrected chi connectivity index (χ0v) is 14.3. The number of benzene rings is 1. The molecule has 1 aliphatic carbocycles. The van der Waals surface area contributed by atoms with Crippen LogP contribution < -0.4 is 5.56 Å². The third-order valence-electron chi connectivity index (χ3n) is 4.20. The van der Waals surface area contributed by atoms with Crippen LogP contribution in [0.15, 0.2) is 52.0 Å². The highest BCUT2D eigenvalue weighted by Crippen LogP contribution is 2.19. The summed E-state index contributed by atoms with van der Waals surface area (Å²) in [5.41, 5.74) is 2.25. The van der Waals surface area contributed by atoms with Gasteiger partial charge < -0.3 is 15.6 Å². The first kappa shape index (κ1) is 16.6. The molecule has 7 heteroatoms. The standard InChI is InChI=1S/C18H19N5O2/c1-11-17(21-15-10-16(25-3)14(20)9-13(15)19)18(24)23(22(11)2)12-7-5-4-6-8-12/h4-8,10,19-20H,9H2,1-3H3. The molecule has 2 aromatic rings. The van der Waals surface area contributed by atoms with Crippen molar-refractivity contribution in [2.75, 3.05) is 7.11 Å². The topological polar surface area (TPSA) is 96.2 Å². The van der Waals surface area contributed by atoms with Gasteiger partial charge in [0.25, 0.3) is 5.56 Å². The van der Waals surface area contributed by atoms with Crippen molar-refractivity contribution in [3.05, 3.63) is 58.2 Å². The summed E-state index contributed by atoms with van der Waals surface area (Å²) in [6.07, 6.45) is 1.67. The number of methoxy groups -OCH3 is 1. The largest absolute Gasteiger partial charge is 0.495 e. The molecule has 1 heterocycles. The molecule has 0 atom stereocenters. The fourth-order valence-electron chi connectivity index (χ4n) is 2.74. The molecule has 0 radical (unpaired) electrons. The Labute approximate surface area is 144 Å². The van der Waals surface area contributed by atoms with E-state index in [9.17, 15) is 4.79 Å². The summed E-state index contributed by atoms with van der Waals surface area (Å²) in [6.45, 7) is 1.82. The highest BCUT2D eigenvalue weighted by Gasteiger charge is 2.22. The number of para-hydroxylation sites is 1. The molecule has 2 N–H and O–H groups in total. The quantitative estimate of drug-likeness (QED) is 0.900. The molecule has 0 unspecified atom stereocenters. The first-order chi connectivity index (χ1) is 11.9. The van der Waals surface area contributed by atoms with Crippen molar-refractivity contribution in [2.24, 2.45) is 12.0 Å². The minimum absolute atomic E-state index is 0.136. The predicted molar refractivity (Wildman–Crippen MR) is 98.0 cm³/mol. The second kappa shape index (κ2) is 6.35. The second-order valence-corrected chi connectivity index (χ2v) is 5.75. The predicted octanol–water partition coefficient (Wildman–Crippen LogP) is 2.53. The van der Waals surface area contributed by atoms with Gasteiger partial charge in [-0.2, -0.15) is 0 Å². The maximum atomic E-state index is 12.9. The zero-order chi connectivity index (χ0) is 18.1. The molecule has 1 aliphatic rings. The van der Waals surface area contributed by atoms with Gasteiger partial charge in [0, 0.05) is 19.5 Å². The Hall–Kier alpha value is -3.22. The summed E-state index contributed by atoms with van der Waals surface area (Å²) in [7, 11) is 3.27. The van der Waals surface area contributed by atoms with Gasteiger partial charge in [0.1, 0.15) is 5.76 Å². The molecule has 0 fully saturated rings. The van der Waals surface area contributed by atoms with Crippen molar-refractivity contribution in [1.29, 1.82) is 10.8 Å². The minimum atomic E-state index is -0.250. The highest BCUT2D eigenvalue weighted by atomic mass is 16.5. The Balaban J connectivity index is 2.17. The lowest BCUT2D eigenvalue weighted by atomic mass is 10.00. The molecular weight excluding hydrogens is 318 g/mol.